The number of ether oxygens (including phenoxy) is 2. The normalized spacial score (nSPS) is 16.5. The van der Waals surface area contributed by atoms with Crippen LogP contribution in [0.4, 0.5) is 5.69 Å². The summed E-state index contributed by atoms with van der Waals surface area (Å²) in [7, 11) is -3.67. The molecule has 0 aromatic heterocycles. The van der Waals surface area contributed by atoms with Gasteiger partial charge in [-0.05, 0) is 32.0 Å². The Morgan fingerprint density at radius 1 is 1.26 bits per heavy atom. The van der Waals surface area contributed by atoms with E-state index in [1.165, 1.54) is 0 Å². The average molecular weight is 333 g/mol. The second-order valence-corrected chi connectivity index (χ2v) is 7.12. The summed E-state index contributed by atoms with van der Waals surface area (Å²) in [6.07, 6.45) is 0.877. The Hall–Kier alpha value is -2.21. The summed E-state index contributed by atoms with van der Waals surface area (Å²) in [6.45, 7) is 4.30. The lowest BCUT2D eigenvalue weighted by molar-refractivity contribution is 0.254. The summed E-state index contributed by atoms with van der Waals surface area (Å²) in [6, 6.07) is 11.8. The molecule has 6 heteroatoms. The lowest BCUT2D eigenvalue weighted by Crippen LogP contribution is -2.14. The van der Waals surface area contributed by atoms with Crippen LogP contribution in [0.15, 0.2) is 47.4 Å². The van der Waals surface area contributed by atoms with E-state index in [0.29, 0.717) is 23.8 Å². The van der Waals surface area contributed by atoms with E-state index < -0.39 is 10.0 Å². The van der Waals surface area contributed by atoms with Gasteiger partial charge in [0.2, 0.25) is 0 Å². The minimum absolute atomic E-state index is 0.0838. The van der Waals surface area contributed by atoms with Crippen molar-refractivity contribution < 1.29 is 17.9 Å². The molecule has 0 saturated heterocycles. The van der Waals surface area contributed by atoms with Crippen molar-refractivity contribution in [1.29, 1.82) is 0 Å². The molecule has 0 spiro atoms. The van der Waals surface area contributed by atoms with Crippen LogP contribution in [-0.4, -0.2) is 21.1 Å². The van der Waals surface area contributed by atoms with Crippen LogP contribution in [0.2, 0.25) is 0 Å². The molecule has 0 amide bonds. The summed E-state index contributed by atoms with van der Waals surface area (Å²) in [5.74, 6) is 1.22. The van der Waals surface area contributed by atoms with Gasteiger partial charge in [0, 0.05) is 18.1 Å². The van der Waals surface area contributed by atoms with Crippen LogP contribution in [0.25, 0.3) is 0 Å². The molecule has 3 rings (SSSR count). The zero-order valence-corrected chi connectivity index (χ0v) is 13.9. The fourth-order valence-corrected chi connectivity index (χ4v) is 3.68. The molecule has 2 aromatic carbocycles. The van der Waals surface area contributed by atoms with Crippen molar-refractivity contribution in [3.05, 3.63) is 48.0 Å². The molecule has 122 valence electrons. The second kappa shape index (κ2) is 6.12. The van der Waals surface area contributed by atoms with E-state index in [2.05, 4.69) is 4.72 Å². The van der Waals surface area contributed by atoms with Crippen LogP contribution in [0, 0.1) is 0 Å². The highest BCUT2D eigenvalue weighted by atomic mass is 32.2. The monoisotopic (exact) mass is 333 g/mol. The van der Waals surface area contributed by atoms with Crippen molar-refractivity contribution in [3.63, 3.8) is 0 Å². The second-order valence-electron chi connectivity index (χ2n) is 5.44. The van der Waals surface area contributed by atoms with Gasteiger partial charge in [0.25, 0.3) is 10.0 Å². The third-order valence-corrected chi connectivity index (χ3v) is 4.98. The zero-order chi connectivity index (χ0) is 16.4. The molecule has 0 saturated carbocycles. The van der Waals surface area contributed by atoms with Crippen LogP contribution >= 0.6 is 0 Å². The largest absolute Gasteiger partial charge is 0.492 e. The first-order chi connectivity index (χ1) is 11.0. The van der Waals surface area contributed by atoms with Crippen LogP contribution in [0.3, 0.4) is 0 Å². The number of benzene rings is 2. The van der Waals surface area contributed by atoms with Crippen molar-refractivity contribution in [2.75, 3.05) is 11.3 Å². The molecule has 2 aromatic rings. The Labute approximate surface area is 136 Å². The van der Waals surface area contributed by atoms with E-state index in [9.17, 15) is 8.42 Å². The Kier molecular flexibility index (Phi) is 4.17. The van der Waals surface area contributed by atoms with Gasteiger partial charge in [-0.3, -0.25) is 4.72 Å². The molecule has 0 radical (unpaired) electrons. The van der Waals surface area contributed by atoms with Gasteiger partial charge < -0.3 is 9.47 Å². The van der Waals surface area contributed by atoms with Crippen molar-refractivity contribution >= 4 is 15.7 Å². The van der Waals surface area contributed by atoms with Crippen molar-refractivity contribution in [1.82, 2.24) is 0 Å². The van der Waals surface area contributed by atoms with Gasteiger partial charge in [-0.15, -0.1) is 0 Å². The molecule has 0 bridgehead atoms. The van der Waals surface area contributed by atoms with Crippen molar-refractivity contribution in [2.24, 2.45) is 0 Å². The van der Waals surface area contributed by atoms with Gasteiger partial charge in [-0.2, -0.15) is 0 Å². The highest BCUT2D eigenvalue weighted by Gasteiger charge is 2.24. The first-order valence-electron chi connectivity index (χ1n) is 7.54. The first kappa shape index (κ1) is 15.7. The minimum Gasteiger partial charge on any atom is -0.492 e. The first-order valence-corrected chi connectivity index (χ1v) is 9.02. The Balaban J connectivity index is 1.98. The van der Waals surface area contributed by atoms with E-state index in [1.54, 1.807) is 36.4 Å². The summed E-state index contributed by atoms with van der Waals surface area (Å²) >= 11 is 0. The number of sulfonamides is 1. The van der Waals surface area contributed by atoms with Crippen molar-refractivity contribution in [2.45, 2.75) is 31.3 Å². The lowest BCUT2D eigenvalue weighted by atomic mass is 10.1. The maximum absolute atomic E-state index is 12.5. The molecular weight excluding hydrogens is 314 g/mol. The SMILES string of the molecule is CCOc1cc2c(cc1NS(=O)(=O)c1ccccc1)O[C@H](C)C2. The van der Waals surface area contributed by atoms with Crippen LogP contribution < -0.4 is 14.2 Å². The van der Waals surface area contributed by atoms with Gasteiger partial charge in [0.1, 0.15) is 17.6 Å². The highest BCUT2D eigenvalue weighted by molar-refractivity contribution is 7.92. The smallest absolute Gasteiger partial charge is 0.262 e. The molecule has 5 nitrogen and oxygen atoms in total. The van der Waals surface area contributed by atoms with E-state index >= 15 is 0 Å². The molecule has 0 fully saturated rings. The molecular formula is C17H19NO4S. The Morgan fingerprint density at radius 3 is 2.70 bits per heavy atom. The predicted octanol–water partition coefficient (Wildman–Crippen LogP) is 3.21. The van der Waals surface area contributed by atoms with Crippen molar-refractivity contribution in [3.8, 4) is 11.5 Å². The average Bonchev–Trinajstić information content (AvgIpc) is 2.87. The molecule has 1 aliphatic rings. The highest BCUT2D eigenvalue weighted by Crippen LogP contribution is 2.38. The minimum atomic E-state index is -3.67. The molecule has 1 N–H and O–H groups in total. The predicted molar refractivity (Wildman–Crippen MR) is 88.7 cm³/mol. The third-order valence-electron chi connectivity index (χ3n) is 3.60. The Bertz CT molecular complexity index is 803. The van der Waals surface area contributed by atoms with Gasteiger partial charge >= 0.3 is 0 Å². The lowest BCUT2D eigenvalue weighted by Gasteiger charge is -2.14. The summed E-state index contributed by atoms with van der Waals surface area (Å²) in [5.41, 5.74) is 1.42. The maximum atomic E-state index is 12.5. The molecule has 1 heterocycles. The fourth-order valence-electron chi connectivity index (χ4n) is 2.60. The molecule has 1 atom stereocenters. The van der Waals surface area contributed by atoms with Gasteiger partial charge in [0.05, 0.1) is 17.2 Å². The van der Waals surface area contributed by atoms with Gasteiger partial charge in [-0.25, -0.2) is 8.42 Å². The topological polar surface area (TPSA) is 64.6 Å². The number of nitrogens with one attached hydrogen (secondary N) is 1. The molecule has 0 aliphatic carbocycles. The summed E-state index contributed by atoms with van der Waals surface area (Å²) < 4.78 is 38.9. The van der Waals surface area contributed by atoms with E-state index in [1.807, 2.05) is 19.9 Å². The summed E-state index contributed by atoms with van der Waals surface area (Å²) in [4.78, 5) is 0.206. The Morgan fingerprint density at radius 2 is 2.00 bits per heavy atom. The zero-order valence-electron chi connectivity index (χ0n) is 13.1. The summed E-state index contributed by atoms with van der Waals surface area (Å²) in [5, 5.41) is 0. The fraction of sp³-hybridized carbons (Fsp3) is 0.294. The number of hydrogen-bond acceptors (Lipinski definition) is 4. The van der Waals surface area contributed by atoms with E-state index in [0.717, 1.165) is 12.0 Å². The van der Waals surface area contributed by atoms with E-state index in [-0.39, 0.29) is 11.0 Å². The van der Waals surface area contributed by atoms with E-state index in [4.69, 9.17) is 9.47 Å². The number of rotatable bonds is 5. The molecule has 23 heavy (non-hydrogen) atoms. The van der Waals surface area contributed by atoms with Crippen LogP contribution in [0.5, 0.6) is 11.5 Å². The van der Waals surface area contributed by atoms with Crippen LogP contribution in [0.1, 0.15) is 19.4 Å². The quantitative estimate of drug-likeness (QED) is 0.912. The number of fused-ring (bicyclic) bond motifs is 1. The molecule has 0 unspecified atom stereocenters. The maximum Gasteiger partial charge on any atom is 0.262 e. The third kappa shape index (κ3) is 3.27. The van der Waals surface area contributed by atoms with Gasteiger partial charge in [-0.1, -0.05) is 18.2 Å². The van der Waals surface area contributed by atoms with Crippen LogP contribution in [-0.2, 0) is 16.4 Å². The molecule has 1 aliphatic heterocycles. The number of anilines is 1. The number of hydrogen-bond donors (Lipinski definition) is 1. The standard InChI is InChI=1S/C17H19NO4S/c1-3-21-17-10-13-9-12(2)22-16(13)11-15(17)18-23(19,20)14-7-5-4-6-8-14/h4-8,10-12,18H,3,9H2,1-2H3/t12-/m1/s1. The van der Waals surface area contributed by atoms with Gasteiger partial charge in [0.15, 0.2) is 0 Å².